The Morgan fingerprint density at radius 3 is 2.57 bits per heavy atom. The predicted molar refractivity (Wildman–Crippen MR) is 145 cm³/mol. The smallest absolute Gasteiger partial charge is 0.163 e. The second-order valence-electron chi connectivity index (χ2n) is 9.74. The highest BCUT2D eigenvalue weighted by Gasteiger charge is 2.25. The molecule has 4 aromatic rings. The Balaban J connectivity index is 1.51. The van der Waals surface area contributed by atoms with Crippen molar-refractivity contribution in [3.8, 4) is 11.5 Å². The van der Waals surface area contributed by atoms with Crippen LogP contribution in [0.1, 0.15) is 83.6 Å². The van der Waals surface area contributed by atoms with Gasteiger partial charge in [0.2, 0.25) is 0 Å². The highest BCUT2D eigenvalue weighted by molar-refractivity contribution is 5.99. The van der Waals surface area contributed by atoms with Gasteiger partial charge in [-0.15, -0.1) is 0 Å². The Hall–Kier alpha value is -3.86. The van der Waals surface area contributed by atoms with Crippen molar-refractivity contribution in [2.45, 2.75) is 64.6 Å². The number of rotatable bonds is 10. The average Bonchev–Trinajstić information content (AvgIpc) is 3.45. The molecule has 0 saturated carbocycles. The first-order valence-electron chi connectivity index (χ1n) is 13.2. The summed E-state index contributed by atoms with van der Waals surface area (Å²) in [6.45, 7) is 4.76. The van der Waals surface area contributed by atoms with Gasteiger partial charge in [0.15, 0.2) is 5.78 Å². The van der Waals surface area contributed by atoms with E-state index in [-0.39, 0.29) is 11.9 Å². The van der Waals surface area contributed by atoms with Gasteiger partial charge >= 0.3 is 0 Å². The second-order valence-corrected chi connectivity index (χ2v) is 9.74. The predicted octanol–water partition coefficient (Wildman–Crippen LogP) is 7.38. The summed E-state index contributed by atoms with van der Waals surface area (Å²) in [5.74, 6) is 3.10. The van der Waals surface area contributed by atoms with E-state index in [4.69, 9.17) is 9.47 Å². The summed E-state index contributed by atoms with van der Waals surface area (Å²) < 4.78 is 13.2. The quantitative estimate of drug-likeness (QED) is 0.250. The summed E-state index contributed by atoms with van der Waals surface area (Å²) in [5.41, 5.74) is 5.09. The zero-order valence-corrected chi connectivity index (χ0v) is 21.6. The molecule has 1 aliphatic carbocycles. The molecule has 1 aliphatic rings. The van der Waals surface area contributed by atoms with Gasteiger partial charge in [-0.25, -0.2) is 4.98 Å². The molecule has 5 heteroatoms. The van der Waals surface area contributed by atoms with Gasteiger partial charge in [0.25, 0.3) is 0 Å². The number of H-pyrrole nitrogens is 1. The number of aromatic nitrogens is 2. The molecule has 0 spiro atoms. The van der Waals surface area contributed by atoms with Crippen molar-refractivity contribution >= 4 is 5.78 Å². The zero-order chi connectivity index (χ0) is 25.6. The number of ketones is 1. The first kappa shape index (κ1) is 24.8. The number of para-hydroxylation sites is 1. The maximum absolute atomic E-state index is 12.8. The van der Waals surface area contributed by atoms with Crippen molar-refractivity contribution in [2.24, 2.45) is 0 Å². The van der Waals surface area contributed by atoms with Gasteiger partial charge in [0.05, 0.1) is 0 Å². The minimum absolute atomic E-state index is 0.198. The van der Waals surface area contributed by atoms with Gasteiger partial charge in [-0.3, -0.25) is 4.79 Å². The molecule has 2 atom stereocenters. The Bertz CT molecular complexity index is 1330. The van der Waals surface area contributed by atoms with Crippen molar-refractivity contribution in [3.63, 3.8) is 0 Å². The van der Waals surface area contributed by atoms with E-state index < -0.39 is 0 Å². The largest absolute Gasteiger partial charge is 0.488 e. The van der Waals surface area contributed by atoms with Gasteiger partial charge in [0, 0.05) is 36.4 Å². The van der Waals surface area contributed by atoms with E-state index in [1.807, 2.05) is 48.7 Å². The van der Waals surface area contributed by atoms with Crippen LogP contribution < -0.4 is 9.47 Å². The summed E-state index contributed by atoms with van der Waals surface area (Å²) in [7, 11) is 0. The van der Waals surface area contributed by atoms with Gasteiger partial charge in [0.1, 0.15) is 30.0 Å². The van der Waals surface area contributed by atoms with E-state index in [9.17, 15) is 4.79 Å². The van der Waals surface area contributed by atoms with E-state index >= 15 is 0 Å². The molecule has 0 bridgehead atoms. The summed E-state index contributed by atoms with van der Waals surface area (Å²) >= 11 is 0. The van der Waals surface area contributed by atoms with Crippen LogP contribution >= 0.6 is 0 Å². The Morgan fingerprint density at radius 2 is 1.78 bits per heavy atom. The standard InChI is InChI=1S/C32H34N2O3/c1-3-22(2)24-12-7-8-15-29(24)36-21-27-25-13-9-14-28(35)26(25)16-17-30(27)37-31(20-32-33-18-19-34-32)23-10-5-4-6-11-23/h4-8,10-12,15-19,22,31H,3,9,13-14,20-21H2,1-2H3,(H,33,34)/t22?,31-/m0/s1. The summed E-state index contributed by atoms with van der Waals surface area (Å²) in [6.07, 6.45) is 7.27. The van der Waals surface area contributed by atoms with Crippen LogP contribution in [-0.2, 0) is 19.4 Å². The maximum Gasteiger partial charge on any atom is 0.163 e. The fourth-order valence-electron chi connectivity index (χ4n) is 5.07. The van der Waals surface area contributed by atoms with Crippen molar-refractivity contribution < 1.29 is 14.3 Å². The van der Waals surface area contributed by atoms with Crippen LogP contribution in [-0.4, -0.2) is 15.8 Å². The minimum atomic E-state index is -0.240. The van der Waals surface area contributed by atoms with E-state index in [0.29, 0.717) is 25.4 Å². The fourth-order valence-corrected chi connectivity index (χ4v) is 5.07. The summed E-state index contributed by atoms with van der Waals surface area (Å²) in [5, 5.41) is 0. The zero-order valence-electron chi connectivity index (χ0n) is 21.6. The monoisotopic (exact) mass is 494 g/mol. The first-order chi connectivity index (χ1) is 18.1. The van der Waals surface area contributed by atoms with E-state index in [2.05, 4.69) is 48.1 Å². The number of ether oxygens (including phenoxy) is 2. The van der Waals surface area contributed by atoms with Gasteiger partial charge in [-0.05, 0) is 60.1 Å². The lowest BCUT2D eigenvalue weighted by atomic mass is 9.87. The third-order valence-corrected chi connectivity index (χ3v) is 7.33. The van der Waals surface area contributed by atoms with Crippen LogP contribution in [0.2, 0.25) is 0 Å². The molecule has 1 N–H and O–H groups in total. The van der Waals surface area contributed by atoms with Crippen molar-refractivity contribution in [3.05, 3.63) is 113 Å². The van der Waals surface area contributed by atoms with Crippen molar-refractivity contribution in [2.75, 3.05) is 0 Å². The normalized spacial score (nSPS) is 14.6. The molecule has 1 aromatic heterocycles. The van der Waals surface area contributed by atoms with Crippen LogP contribution in [0.15, 0.2) is 79.1 Å². The molecule has 0 saturated heterocycles. The lowest BCUT2D eigenvalue weighted by molar-refractivity contribution is 0.0971. The van der Waals surface area contributed by atoms with Crippen LogP contribution in [0.3, 0.4) is 0 Å². The molecule has 0 fully saturated rings. The molecule has 1 heterocycles. The maximum atomic E-state index is 12.8. The molecule has 0 radical (unpaired) electrons. The molecule has 5 nitrogen and oxygen atoms in total. The van der Waals surface area contributed by atoms with Crippen LogP contribution in [0.5, 0.6) is 11.5 Å². The number of carbonyl (C=O) groups excluding carboxylic acids is 1. The molecule has 190 valence electrons. The Morgan fingerprint density at radius 1 is 0.973 bits per heavy atom. The molecule has 1 unspecified atom stereocenters. The van der Waals surface area contributed by atoms with Gasteiger partial charge in [-0.2, -0.15) is 0 Å². The molecular weight excluding hydrogens is 460 g/mol. The van der Waals surface area contributed by atoms with E-state index in [1.165, 1.54) is 5.56 Å². The minimum Gasteiger partial charge on any atom is -0.488 e. The molecular formula is C32H34N2O3. The number of nitrogens with zero attached hydrogens (tertiary/aromatic N) is 1. The summed E-state index contributed by atoms with van der Waals surface area (Å²) in [6, 6.07) is 22.3. The topological polar surface area (TPSA) is 64.2 Å². The number of hydrogen-bond acceptors (Lipinski definition) is 4. The number of nitrogens with one attached hydrogen (secondary N) is 1. The SMILES string of the molecule is CCC(C)c1ccccc1OCc1c(O[C@@H](Cc2ncc[nH]2)c2ccccc2)ccc2c1CCCC2=O. The molecule has 37 heavy (non-hydrogen) atoms. The highest BCUT2D eigenvalue weighted by Crippen LogP contribution is 2.36. The third kappa shape index (κ3) is 5.61. The van der Waals surface area contributed by atoms with Crippen LogP contribution in [0, 0.1) is 0 Å². The number of imidazole rings is 1. The van der Waals surface area contributed by atoms with Gasteiger partial charge < -0.3 is 14.5 Å². The molecule has 0 amide bonds. The van der Waals surface area contributed by atoms with Crippen molar-refractivity contribution in [1.82, 2.24) is 9.97 Å². The second kappa shape index (κ2) is 11.5. The number of Topliss-reactive ketones (excluding diaryl/α,β-unsaturated/α-hetero) is 1. The van der Waals surface area contributed by atoms with Gasteiger partial charge in [-0.1, -0.05) is 62.4 Å². The van der Waals surface area contributed by atoms with Crippen LogP contribution in [0.4, 0.5) is 0 Å². The fraction of sp³-hybridized carbons (Fsp3) is 0.312. The lowest BCUT2D eigenvalue weighted by Gasteiger charge is -2.26. The molecule has 3 aromatic carbocycles. The Labute approximate surface area is 218 Å². The summed E-state index contributed by atoms with van der Waals surface area (Å²) in [4.78, 5) is 20.4. The van der Waals surface area contributed by atoms with Crippen LogP contribution in [0.25, 0.3) is 0 Å². The highest BCUT2D eigenvalue weighted by atomic mass is 16.5. The van der Waals surface area contributed by atoms with E-state index in [0.717, 1.165) is 58.8 Å². The van der Waals surface area contributed by atoms with Crippen molar-refractivity contribution in [1.29, 1.82) is 0 Å². The number of hydrogen-bond donors (Lipinski definition) is 1. The van der Waals surface area contributed by atoms with E-state index in [1.54, 1.807) is 6.20 Å². The molecule has 0 aliphatic heterocycles. The Kier molecular flexibility index (Phi) is 7.69. The first-order valence-corrected chi connectivity index (χ1v) is 13.2. The number of carbonyl (C=O) groups is 1. The number of benzene rings is 3. The average molecular weight is 495 g/mol. The lowest BCUT2D eigenvalue weighted by Crippen LogP contribution is -2.18. The number of fused-ring (bicyclic) bond motifs is 1. The third-order valence-electron chi connectivity index (χ3n) is 7.33. The number of aromatic amines is 1. The molecule has 5 rings (SSSR count).